The van der Waals surface area contributed by atoms with Gasteiger partial charge >= 0.3 is 0 Å². The molecule has 0 radical (unpaired) electrons. The Kier molecular flexibility index (Phi) is 5.12. The predicted molar refractivity (Wildman–Crippen MR) is 114 cm³/mol. The number of thioether (sulfide) groups is 1. The fraction of sp³-hybridized carbons (Fsp3) is 0.150. The molecule has 0 fully saturated rings. The summed E-state index contributed by atoms with van der Waals surface area (Å²) in [6, 6.07) is 19.9. The summed E-state index contributed by atoms with van der Waals surface area (Å²) in [5.74, 6) is 0.831. The van der Waals surface area contributed by atoms with Crippen LogP contribution >= 0.6 is 23.4 Å². The maximum Gasteiger partial charge on any atom is 0.271 e. The lowest BCUT2D eigenvalue weighted by Gasteiger charge is -2.28. The molecule has 0 aromatic heterocycles. The number of halogens is 1. The SMILES string of the molecule is O=S(=O)(c1ccccc1Cl)N(C1=NCCCS1)c1cccc2ccccc12. The summed E-state index contributed by atoms with van der Waals surface area (Å²) in [4.78, 5) is 4.60. The average molecular weight is 417 g/mol. The zero-order valence-corrected chi connectivity index (χ0v) is 16.8. The minimum Gasteiger partial charge on any atom is -0.261 e. The fourth-order valence-corrected chi connectivity index (χ4v) is 6.22. The van der Waals surface area contributed by atoms with Crippen molar-refractivity contribution in [1.82, 2.24) is 0 Å². The van der Waals surface area contributed by atoms with Crippen LogP contribution in [0, 0.1) is 0 Å². The largest absolute Gasteiger partial charge is 0.271 e. The lowest BCUT2D eigenvalue weighted by atomic mass is 10.1. The molecule has 0 saturated heterocycles. The van der Waals surface area contributed by atoms with Crippen LogP contribution in [0.3, 0.4) is 0 Å². The van der Waals surface area contributed by atoms with Crippen LogP contribution in [-0.2, 0) is 10.0 Å². The van der Waals surface area contributed by atoms with Crippen molar-refractivity contribution < 1.29 is 8.42 Å². The van der Waals surface area contributed by atoms with E-state index in [0.29, 0.717) is 17.4 Å². The minimum atomic E-state index is -3.93. The van der Waals surface area contributed by atoms with Crippen molar-refractivity contribution in [3.05, 3.63) is 71.8 Å². The Morgan fingerprint density at radius 2 is 1.70 bits per heavy atom. The van der Waals surface area contributed by atoms with Gasteiger partial charge in [0.15, 0.2) is 5.17 Å². The van der Waals surface area contributed by atoms with E-state index in [-0.39, 0.29) is 9.92 Å². The number of amidine groups is 1. The second-order valence-corrected chi connectivity index (χ2v) is 9.29. The monoisotopic (exact) mass is 416 g/mol. The van der Waals surface area contributed by atoms with Crippen LogP contribution in [0.15, 0.2) is 76.6 Å². The van der Waals surface area contributed by atoms with Gasteiger partial charge in [0.1, 0.15) is 4.90 Å². The maximum atomic E-state index is 13.6. The number of anilines is 1. The number of aliphatic imine (C=N–C) groups is 1. The molecule has 7 heteroatoms. The summed E-state index contributed by atoms with van der Waals surface area (Å²) in [5, 5.41) is 2.50. The van der Waals surface area contributed by atoms with Crippen molar-refractivity contribution in [1.29, 1.82) is 0 Å². The van der Waals surface area contributed by atoms with Crippen molar-refractivity contribution in [2.45, 2.75) is 11.3 Å². The number of nitrogens with zero attached hydrogens (tertiary/aromatic N) is 2. The lowest BCUT2D eigenvalue weighted by Crippen LogP contribution is -2.37. The summed E-state index contributed by atoms with van der Waals surface area (Å²) in [6.07, 6.45) is 0.934. The Bertz CT molecular complexity index is 1120. The summed E-state index contributed by atoms with van der Waals surface area (Å²) < 4.78 is 28.6. The number of sulfonamides is 1. The molecule has 27 heavy (non-hydrogen) atoms. The number of benzene rings is 3. The van der Waals surface area contributed by atoms with E-state index in [4.69, 9.17) is 11.6 Å². The third kappa shape index (κ3) is 3.45. The van der Waals surface area contributed by atoms with E-state index in [1.54, 1.807) is 18.2 Å². The molecule has 1 aliphatic heterocycles. The van der Waals surface area contributed by atoms with E-state index in [1.807, 2.05) is 42.5 Å². The first-order valence-electron chi connectivity index (χ1n) is 8.54. The lowest BCUT2D eigenvalue weighted by molar-refractivity contribution is 0.597. The number of hydrogen-bond donors (Lipinski definition) is 0. The molecule has 1 aliphatic rings. The summed E-state index contributed by atoms with van der Waals surface area (Å²) in [7, 11) is -3.93. The molecule has 0 aliphatic carbocycles. The van der Waals surface area contributed by atoms with Gasteiger partial charge < -0.3 is 0 Å². The van der Waals surface area contributed by atoms with Crippen LogP contribution in [0.25, 0.3) is 10.8 Å². The molecule has 3 aromatic rings. The topological polar surface area (TPSA) is 49.7 Å². The van der Waals surface area contributed by atoms with E-state index in [1.165, 1.54) is 22.1 Å². The van der Waals surface area contributed by atoms with Crippen LogP contribution in [0.5, 0.6) is 0 Å². The van der Waals surface area contributed by atoms with Gasteiger partial charge in [0.2, 0.25) is 0 Å². The molecule has 0 atom stereocenters. The first kappa shape index (κ1) is 18.3. The molecule has 138 valence electrons. The van der Waals surface area contributed by atoms with Gasteiger partial charge in [0.05, 0.1) is 10.7 Å². The second kappa shape index (κ2) is 7.54. The van der Waals surface area contributed by atoms with E-state index in [2.05, 4.69) is 4.99 Å². The van der Waals surface area contributed by atoms with Crippen molar-refractivity contribution in [2.24, 2.45) is 4.99 Å². The molecule has 4 rings (SSSR count). The number of fused-ring (bicyclic) bond motifs is 1. The molecule has 0 amide bonds. The smallest absolute Gasteiger partial charge is 0.261 e. The quantitative estimate of drug-likeness (QED) is 0.591. The van der Waals surface area contributed by atoms with Crippen LogP contribution in [-0.4, -0.2) is 25.9 Å². The van der Waals surface area contributed by atoms with Crippen molar-refractivity contribution in [3.8, 4) is 0 Å². The first-order chi connectivity index (χ1) is 13.1. The third-order valence-electron chi connectivity index (χ3n) is 4.29. The third-order valence-corrected chi connectivity index (χ3v) is 7.68. The molecular weight excluding hydrogens is 400 g/mol. The molecule has 4 nitrogen and oxygen atoms in total. The van der Waals surface area contributed by atoms with Crippen LogP contribution in [0.4, 0.5) is 5.69 Å². The summed E-state index contributed by atoms with van der Waals surface area (Å²) in [5.41, 5.74) is 0.584. The second-order valence-electron chi connectivity index (χ2n) is 6.06. The number of rotatable bonds is 3. The van der Waals surface area contributed by atoms with Crippen LogP contribution < -0.4 is 4.31 Å². The predicted octanol–water partition coefficient (Wildman–Crippen LogP) is 5.18. The Hall–Kier alpha value is -2.02. The van der Waals surface area contributed by atoms with E-state index in [0.717, 1.165) is 22.9 Å². The van der Waals surface area contributed by atoms with E-state index in [9.17, 15) is 8.42 Å². The molecule has 0 bridgehead atoms. The van der Waals surface area contributed by atoms with E-state index >= 15 is 0 Å². The highest BCUT2D eigenvalue weighted by atomic mass is 35.5. The standard InChI is InChI=1S/C20H17ClN2O2S2/c21-17-10-3-4-12-19(17)27(24,25)23(20-22-13-6-14-26-20)18-11-5-8-15-7-1-2-9-16(15)18/h1-5,7-12H,6,13-14H2. The molecule has 0 unspecified atom stereocenters. The van der Waals surface area contributed by atoms with Gasteiger partial charge in [0.25, 0.3) is 10.0 Å². The summed E-state index contributed by atoms with van der Waals surface area (Å²) in [6.45, 7) is 0.613. The molecular formula is C20H17ClN2O2S2. The first-order valence-corrected chi connectivity index (χ1v) is 11.3. The van der Waals surface area contributed by atoms with Crippen LogP contribution in [0.2, 0.25) is 5.02 Å². The van der Waals surface area contributed by atoms with Gasteiger partial charge in [0, 0.05) is 17.7 Å². The Morgan fingerprint density at radius 3 is 2.48 bits per heavy atom. The zero-order chi connectivity index (χ0) is 18.9. The van der Waals surface area contributed by atoms with Gasteiger partial charge in [-0.3, -0.25) is 4.99 Å². The van der Waals surface area contributed by atoms with Crippen molar-refractivity contribution in [2.75, 3.05) is 16.6 Å². The number of hydrogen-bond acceptors (Lipinski definition) is 4. The molecule has 0 N–H and O–H groups in total. The maximum absolute atomic E-state index is 13.6. The summed E-state index contributed by atoms with van der Waals surface area (Å²) >= 11 is 7.70. The van der Waals surface area contributed by atoms with Crippen molar-refractivity contribution in [3.63, 3.8) is 0 Å². The molecule has 0 spiro atoms. The normalized spacial score (nSPS) is 14.8. The van der Waals surface area contributed by atoms with Gasteiger partial charge in [-0.2, -0.15) is 0 Å². The van der Waals surface area contributed by atoms with Crippen LogP contribution in [0.1, 0.15) is 6.42 Å². The molecule has 3 aromatic carbocycles. The van der Waals surface area contributed by atoms with E-state index < -0.39 is 10.0 Å². The Morgan fingerprint density at radius 1 is 0.963 bits per heavy atom. The highest BCUT2D eigenvalue weighted by molar-refractivity contribution is 8.15. The van der Waals surface area contributed by atoms with Gasteiger partial charge in [-0.25, -0.2) is 12.7 Å². The molecule has 0 saturated carbocycles. The van der Waals surface area contributed by atoms with Crippen molar-refractivity contribution >= 4 is 55.0 Å². The Balaban J connectivity index is 1.98. The van der Waals surface area contributed by atoms with Gasteiger partial charge in [-0.1, -0.05) is 71.9 Å². The van der Waals surface area contributed by atoms with Gasteiger partial charge in [-0.15, -0.1) is 0 Å². The zero-order valence-electron chi connectivity index (χ0n) is 14.4. The Labute approximate surface area is 167 Å². The molecule has 1 heterocycles. The highest BCUT2D eigenvalue weighted by Crippen LogP contribution is 2.36. The van der Waals surface area contributed by atoms with Gasteiger partial charge in [-0.05, 0) is 30.0 Å². The highest BCUT2D eigenvalue weighted by Gasteiger charge is 2.33. The fourth-order valence-electron chi connectivity index (χ4n) is 3.04. The average Bonchev–Trinajstić information content (AvgIpc) is 2.69. The minimum absolute atomic E-state index is 0.0773.